The van der Waals surface area contributed by atoms with Crippen LogP contribution in [-0.2, 0) is 6.54 Å². The number of rotatable bonds is 3. The van der Waals surface area contributed by atoms with Crippen LogP contribution in [0.25, 0.3) is 4.96 Å². The normalized spacial score (nSPS) is 10.7. The standard InChI is InChI=1S/C14H10FN3O2S/c15-10-3-1-2-9(6-10)7-16-12(19)11-8-17-14-18(13(11)20)4-5-21-14/h1-6,8H,7H2,(H,16,19). The predicted molar refractivity (Wildman–Crippen MR) is 76.9 cm³/mol. The summed E-state index contributed by atoms with van der Waals surface area (Å²) < 4.78 is 14.4. The fourth-order valence-electron chi connectivity index (χ4n) is 1.90. The van der Waals surface area contributed by atoms with Gasteiger partial charge in [0.25, 0.3) is 11.5 Å². The van der Waals surface area contributed by atoms with Gasteiger partial charge in [-0.1, -0.05) is 12.1 Å². The fourth-order valence-corrected chi connectivity index (χ4v) is 2.58. The Morgan fingerprint density at radius 2 is 2.29 bits per heavy atom. The first-order chi connectivity index (χ1) is 10.1. The Bertz CT molecular complexity index is 872. The van der Waals surface area contributed by atoms with Gasteiger partial charge in [-0.2, -0.15) is 0 Å². The summed E-state index contributed by atoms with van der Waals surface area (Å²) in [6.07, 6.45) is 2.83. The van der Waals surface area contributed by atoms with E-state index in [1.807, 2.05) is 0 Å². The number of nitrogens with one attached hydrogen (secondary N) is 1. The van der Waals surface area contributed by atoms with Crippen LogP contribution in [0, 0.1) is 5.82 Å². The van der Waals surface area contributed by atoms with Crippen LogP contribution in [0.15, 0.2) is 46.8 Å². The van der Waals surface area contributed by atoms with Gasteiger partial charge in [-0.3, -0.25) is 14.0 Å². The summed E-state index contributed by atoms with van der Waals surface area (Å²) >= 11 is 1.31. The zero-order valence-electron chi connectivity index (χ0n) is 10.7. The topological polar surface area (TPSA) is 63.5 Å². The monoisotopic (exact) mass is 303 g/mol. The lowest BCUT2D eigenvalue weighted by atomic mass is 10.2. The molecule has 0 saturated heterocycles. The Morgan fingerprint density at radius 3 is 3.10 bits per heavy atom. The molecule has 1 N–H and O–H groups in total. The maximum Gasteiger partial charge on any atom is 0.271 e. The van der Waals surface area contributed by atoms with Gasteiger partial charge in [0, 0.05) is 24.3 Å². The number of halogens is 1. The zero-order valence-corrected chi connectivity index (χ0v) is 11.6. The number of nitrogens with zero attached hydrogens (tertiary/aromatic N) is 2. The van der Waals surface area contributed by atoms with E-state index in [4.69, 9.17) is 0 Å². The number of hydrogen-bond donors (Lipinski definition) is 1. The van der Waals surface area contributed by atoms with E-state index in [0.29, 0.717) is 10.5 Å². The van der Waals surface area contributed by atoms with Crippen molar-refractivity contribution in [2.75, 3.05) is 0 Å². The highest BCUT2D eigenvalue weighted by molar-refractivity contribution is 7.15. The van der Waals surface area contributed by atoms with Gasteiger partial charge in [0.2, 0.25) is 0 Å². The number of benzene rings is 1. The summed E-state index contributed by atoms with van der Waals surface area (Å²) in [5.41, 5.74) is 0.160. The van der Waals surface area contributed by atoms with Crippen LogP contribution in [0.2, 0.25) is 0 Å². The number of amides is 1. The number of fused-ring (bicyclic) bond motifs is 1. The number of hydrogen-bond acceptors (Lipinski definition) is 4. The summed E-state index contributed by atoms with van der Waals surface area (Å²) in [6, 6.07) is 5.90. The van der Waals surface area contributed by atoms with Crippen LogP contribution in [0.4, 0.5) is 4.39 Å². The van der Waals surface area contributed by atoms with Crippen LogP contribution in [0.1, 0.15) is 15.9 Å². The summed E-state index contributed by atoms with van der Waals surface area (Å²) in [6.45, 7) is 0.141. The molecule has 0 aliphatic heterocycles. The molecule has 0 radical (unpaired) electrons. The Labute approximate surface area is 122 Å². The molecule has 21 heavy (non-hydrogen) atoms. The van der Waals surface area contributed by atoms with Crippen LogP contribution < -0.4 is 10.9 Å². The molecular formula is C14H10FN3O2S. The summed E-state index contributed by atoms with van der Waals surface area (Å²) in [7, 11) is 0. The molecule has 0 atom stereocenters. The molecule has 5 nitrogen and oxygen atoms in total. The van der Waals surface area contributed by atoms with Crippen LogP contribution >= 0.6 is 11.3 Å². The van der Waals surface area contributed by atoms with Crippen LogP contribution in [-0.4, -0.2) is 15.3 Å². The van der Waals surface area contributed by atoms with Gasteiger partial charge in [0.1, 0.15) is 11.4 Å². The molecule has 3 rings (SSSR count). The Morgan fingerprint density at radius 1 is 1.43 bits per heavy atom. The highest BCUT2D eigenvalue weighted by atomic mass is 32.1. The zero-order chi connectivity index (χ0) is 14.8. The van der Waals surface area contributed by atoms with Crippen molar-refractivity contribution in [3.05, 3.63) is 69.3 Å². The molecule has 2 heterocycles. The Balaban J connectivity index is 1.81. The van der Waals surface area contributed by atoms with Crippen molar-refractivity contribution in [2.45, 2.75) is 6.54 Å². The van der Waals surface area contributed by atoms with E-state index in [1.165, 1.54) is 34.1 Å². The Kier molecular flexibility index (Phi) is 3.49. The SMILES string of the molecule is O=C(NCc1cccc(F)c1)c1cnc2sccn2c1=O. The summed E-state index contributed by atoms with van der Waals surface area (Å²) in [5, 5.41) is 4.31. The number of carbonyl (C=O) groups excluding carboxylic acids is 1. The first kappa shape index (κ1) is 13.4. The molecule has 0 aliphatic rings. The molecule has 1 aromatic carbocycles. The van der Waals surface area contributed by atoms with Gasteiger partial charge in [-0.15, -0.1) is 11.3 Å². The van der Waals surface area contributed by atoms with Gasteiger partial charge >= 0.3 is 0 Å². The first-order valence-corrected chi connectivity index (χ1v) is 7.00. The van der Waals surface area contributed by atoms with Crippen LogP contribution in [0.3, 0.4) is 0 Å². The fraction of sp³-hybridized carbons (Fsp3) is 0.0714. The summed E-state index contributed by atoms with van der Waals surface area (Å²) in [4.78, 5) is 28.7. The molecule has 0 spiro atoms. The lowest BCUT2D eigenvalue weighted by molar-refractivity contribution is 0.0949. The number of thiazole rings is 1. The largest absolute Gasteiger partial charge is 0.348 e. The molecule has 0 bridgehead atoms. The minimum atomic E-state index is -0.530. The molecule has 106 valence electrons. The summed E-state index contributed by atoms with van der Waals surface area (Å²) in [5.74, 6) is -0.902. The average Bonchev–Trinajstić information content (AvgIpc) is 2.95. The van der Waals surface area contributed by atoms with Gasteiger partial charge in [-0.05, 0) is 17.7 Å². The quantitative estimate of drug-likeness (QED) is 0.803. The molecular weight excluding hydrogens is 293 g/mol. The molecule has 2 aromatic heterocycles. The predicted octanol–water partition coefficient (Wildman–Crippen LogP) is 1.83. The maximum atomic E-state index is 13.0. The van der Waals surface area contributed by atoms with Gasteiger partial charge in [0.05, 0.1) is 0 Å². The van der Waals surface area contributed by atoms with Crippen molar-refractivity contribution in [1.29, 1.82) is 0 Å². The third kappa shape index (κ3) is 2.68. The van der Waals surface area contributed by atoms with Crippen molar-refractivity contribution in [3.63, 3.8) is 0 Å². The van der Waals surface area contributed by atoms with Gasteiger partial charge < -0.3 is 5.32 Å². The van der Waals surface area contributed by atoms with Gasteiger partial charge in [-0.25, -0.2) is 9.37 Å². The van der Waals surface area contributed by atoms with E-state index in [1.54, 1.807) is 23.7 Å². The second-order valence-corrected chi connectivity index (χ2v) is 5.22. The van der Waals surface area contributed by atoms with E-state index in [-0.39, 0.29) is 17.9 Å². The lowest BCUT2D eigenvalue weighted by Gasteiger charge is -2.05. The van der Waals surface area contributed by atoms with Crippen molar-refractivity contribution < 1.29 is 9.18 Å². The van der Waals surface area contributed by atoms with Crippen molar-refractivity contribution in [1.82, 2.24) is 14.7 Å². The van der Waals surface area contributed by atoms with Crippen LogP contribution in [0.5, 0.6) is 0 Å². The third-order valence-electron chi connectivity index (χ3n) is 2.93. The van der Waals surface area contributed by atoms with E-state index >= 15 is 0 Å². The first-order valence-electron chi connectivity index (χ1n) is 6.12. The van der Waals surface area contributed by atoms with E-state index in [9.17, 15) is 14.0 Å². The smallest absolute Gasteiger partial charge is 0.271 e. The second-order valence-electron chi connectivity index (χ2n) is 4.35. The molecule has 3 aromatic rings. The minimum Gasteiger partial charge on any atom is -0.348 e. The van der Waals surface area contributed by atoms with Gasteiger partial charge in [0.15, 0.2) is 4.96 Å². The second kappa shape index (κ2) is 5.45. The highest BCUT2D eigenvalue weighted by Gasteiger charge is 2.13. The van der Waals surface area contributed by atoms with Crippen molar-refractivity contribution in [3.8, 4) is 0 Å². The molecule has 7 heteroatoms. The molecule has 0 saturated carbocycles. The molecule has 0 aliphatic carbocycles. The molecule has 1 amide bonds. The minimum absolute atomic E-state index is 0.0395. The van der Waals surface area contributed by atoms with Crippen molar-refractivity contribution >= 4 is 22.2 Å². The van der Waals surface area contributed by atoms with E-state index in [2.05, 4.69) is 10.3 Å². The third-order valence-corrected chi connectivity index (χ3v) is 3.70. The molecule has 0 unspecified atom stereocenters. The van der Waals surface area contributed by atoms with E-state index in [0.717, 1.165) is 0 Å². The molecule has 0 fully saturated rings. The number of carbonyl (C=O) groups is 1. The average molecular weight is 303 g/mol. The number of aromatic nitrogens is 2. The van der Waals surface area contributed by atoms with E-state index < -0.39 is 11.5 Å². The lowest BCUT2D eigenvalue weighted by Crippen LogP contribution is -2.30. The van der Waals surface area contributed by atoms with Crippen molar-refractivity contribution in [2.24, 2.45) is 0 Å². The Hall–Kier alpha value is -2.54. The maximum absolute atomic E-state index is 13.0. The highest BCUT2D eigenvalue weighted by Crippen LogP contribution is 2.06.